The average molecular weight is 685 g/mol. The Morgan fingerprint density at radius 2 is 1.50 bits per heavy atom. The largest absolute Gasteiger partial charge is 0.506 e. The van der Waals surface area contributed by atoms with Gasteiger partial charge in [0.1, 0.15) is 35.9 Å². The number of Topliss-reactive ketones (excluding diaryl/α,β-unsaturated/α-hetero) is 1. The topological polar surface area (TPSA) is 174 Å². The van der Waals surface area contributed by atoms with Gasteiger partial charge < -0.3 is 40.1 Å². The van der Waals surface area contributed by atoms with Gasteiger partial charge in [-0.25, -0.2) is 4.79 Å². The van der Waals surface area contributed by atoms with E-state index in [1.807, 2.05) is 36.4 Å². The summed E-state index contributed by atoms with van der Waals surface area (Å²) in [6.07, 6.45) is -3.02. The van der Waals surface area contributed by atoms with Crippen molar-refractivity contribution in [1.29, 1.82) is 0 Å². The number of aromatic hydroxyl groups is 1. The SMILES string of the molecule is Cc1cc2cc(C(=O)O)cc(OC3OC(C4(O)CCCCC4)C(O)C(O)C3O)c2c(O)c1C(=O)CCc1ccccc1CCc1ccccc1. The fourth-order valence-electron chi connectivity index (χ4n) is 7.50. The third-order valence-corrected chi connectivity index (χ3v) is 10.2. The molecule has 50 heavy (non-hydrogen) atoms. The molecule has 1 aliphatic heterocycles. The van der Waals surface area contributed by atoms with Crippen LogP contribution < -0.4 is 4.74 Å². The molecule has 10 nitrogen and oxygen atoms in total. The van der Waals surface area contributed by atoms with E-state index in [1.165, 1.54) is 11.6 Å². The molecule has 1 saturated heterocycles. The number of aromatic carboxylic acids is 1. The van der Waals surface area contributed by atoms with Gasteiger partial charge in [-0.3, -0.25) is 4.79 Å². The first-order valence-corrected chi connectivity index (χ1v) is 17.2. The number of fused-ring (bicyclic) bond motifs is 1. The van der Waals surface area contributed by atoms with Crippen LogP contribution in [0.5, 0.6) is 11.5 Å². The number of hydrogen-bond donors (Lipinski definition) is 6. The van der Waals surface area contributed by atoms with Crippen molar-refractivity contribution < 1.29 is 49.7 Å². The van der Waals surface area contributed by atoms with E-state index in [9.17, 15) is 40.2 Å². The molecule has 1 aliphatic carbocycles. The first-order valence-electron chi connectivity index (χ1n) is 17.2. The average Bonchev–Trinajstić information content (AvgIpc) is 3.10. The zero-order chi connectivity index (χ0) is 35.6. The summed E-state index contributed by atoms with van der Waals surface area (Å²) in [5.41, 5.74) is 2.21. The van der Waals surface area contributed by atoms with Gasteiger partial charge in [0.25, 0.3) is 0 Å². The number of hydrogen-bond acceptors (Lipinski definition) is 9. The molecule has 0 amide bonds. The molecule has 2 fully saturated rings. The summed E-state index contributed by atoms with van der Waals surface area (Å²) in [5, 5.41) is 65.7. The third kappa shape index (κ3) is 7.26. The molecule has 5 atom stereocenters. The van der Waals surface area contributed by atoms with Crippen LogP contribution in [0.4, 0.5) is 0 Å². The number of carboxylic acids is 1. The Balaban J connectivity index is 1.29. The quantitative estimate of drug-likeness (QED) is 0.118. The molecule has 1 heterocycles. The molecular formula is C40H44O10. The number of ketones is 1. The molecule has 4 aromatic carbocycles. The van der Waals surface area contributed by atoms with Crippen LogP contribution in [0.2, 0.25) is 0 Å². The lowest BCUT2D eigenvalue weighted by Crippen LogP contribution is -2.65. The number of carbonyl (C=O) groups is 2. The summed E-state index contributed by atoms with van der Waals surface area (Å²) in [7, 11) is 0. The number of phenols is 1. The predicted molar refractivity (Wildman–Crippen MR) is 186 cm³/mol. The lowest BCUT2D eigenvalue weighted by molar-refractivity contribution is -0.308. The molecule has 0 spiro atoms. The van der Waals surface area contributed by atoms with E-state index >= 15 is 0 Å². The highest BCUT2D eigenvalue weighted by Crippen LogP contribution is 2.42. The van der Waals surface area contributed by atoms with Crippen LogP contribution >= 0.6 is 0 Å². The molecule has 10 heteroatoms. The lowest BCUT2D eigenvalue weighted by atomic mass is 9.76. The van der Waals surface area contributed by atoms with Crippen molar-refractivity contribution in [1.82, 2.24) is 0 Å². The zero-order valence-corrected chi connectivity index (χ0v) is 28.0. The minimum atomic E-state index is -1.78. The number of phenolic OH excluding ortho intramolecular Hbond substituents is 1. The summed E-state index contributed by atoms with van der Waals surface area (Å²) >= 11 is 0. The molecule has 264 valence electrons. The fraction of sp³-hybridized carbons (Fsp3) is 0.400. The highest BCUT2D eigenvalue weighted by atomic mass is 16.7. The maximum absolute atomic E-state index is 13.8. The van der Waals surface area contributed by atoms with E-state index in [-0.39, 0.29) is 39.9 Å². The first kappa shape index (κ1) is 35.5. The molecule has 2 aliphatic rings. The molecule has 0 radical (unpaired) electrons. The second-order valence-electron chi connectivity index (χ2n) is 13.7. The Labute approximate surface area is 290 Å². The number of rotatable bonds is 11. The molecule has 0 aromatic heterocycles. The fourth-order valence-corrected chi connectivity index (χ4v) is 7.50. The minimum absolute atomic E-state index is 0.0246. The van der Waals surface area contributed by atoms with Gasteiger partial charge in [-0.2, -0.15) is 0 Å². The summed E-state index contributed by atoms with van der Waals surface area (Å²) in [4.78, 5) is 25.9. The Kier molecular flexibility index (Phi) is 10.6. The first-order chi connectivity index (χ1) is 24.0. The zero-order valence-electron chi connectivity index (χ0n) is 28.0. The number of aliphatic hydroxyl groups excluding tert-OH is 3. The van der Waals surface area contributed by atoms with E-state index < -0.39 is 48.0 Å². The van der Waals surface area contributed by atoms with E-state index in [4.69, 9.17) is 9.47 Å². The summed E-state index contributed by atoms with van der Waals surface area (Å²) < 4.78 is 12.0. The standard InChI is InChI=1S/C40H44O10/c1-23-20-27-21-28(38(46)47)22-30(49-39-36(45)34(43)35(44)37(50-39)40(48)18-8-3-9-19-40)32(27)33(42)31(23)29(41)17-16-26-13-7-6-12-25(26)15-14-24-10-4-2-5-11-24/h2,4-7,10-13,20-22,34-37,39,42-45,48H,3,8-9,14-19H2,1H3,(H,46,47). The number of benzene rings is 4. The lowest BCUT2D eigenvalue weighted by Gasteiger charge is -2.48. The minimum Gasteiger partial charge on any atom is -0.506 e. The Morgan fingerprint density at radius 3 is 2.18 bits per heavy atom. The predicted octanol–water partition coefficient (Wildman–Crippen LogP) is 5.03. The smallest absolute Gasteiger partial charge is 0.335 e. The number of aryl methyl sites for hydroxylation is 4. The van der Waals surface area contributed by atoms with E-state index in [2.05, 4.69) is 18.2 Å². The number of aliphatic hydroxyl groups is 4. The molecule has 6 N–H and O–H groups in total. The van der Waals surface area contributed by atoms with Crippen LogP contribution in [0.15, 0.2) is 72.8 Å². The van der Waals surface area contributed by atoms with Crippen LogP contribution in [-0.4, -0.2) is 78.7 Å². The summed E-state index contributed by atoms with van der Waals surface area (Å²) in [6, 6.07) is 22.2. The van der Waals surface area contributed by atoms with Gasteiger partial charge in [0.05, 0.1) is 22.1 Å². The van der Waals surface area contributed by atoms with Crippen molar-refractivity contribution in [2.45, 2.75) is 101 Å². The van der Waals surface area contributed by atoms with Gasteiger partial charge in [0.2, 0.25) is 6.29 Å². The number of carbonyl (C=O) groups excluding carboxylic acids is 1. The van der Waals surface area contributed by atoms with Gasteiger partial charge in [-0.1, -0.05) is 79.9 Å². The van der Waals surface area contributed by atoms with Gasteiger partial charge in [0.15, 0.2) is 5.78 Å². The van der Waals surface area contributed by atoms with Crippen molar-refractivity contribution in [3.63, 3.8) is 0 Å². The van der Waals surface area contributed by atoms with E-state index in [1.54, 1.807) is 13.0 Å². The monoisotopic (exact) mass is 684 g/mol. The second kappa shape index (κ2) is 14.9. The maximum Gasteiger partial charge on any atom is 0.335 e. The Hall–Kier alpha value is -4.32. The molecular weight excluding hydrogens is 640 g/mol. The van der Waals surface area contributed by atoms with Gasteiger partial charge in [-0.15, -0.1) is 0 Å². The van der Waals surface area contributed by atoms with Crippen molar-refractivity contribution in [3.8, 4) is 11.5 Å². The van der Waals surface area contributed by atoms with Crippen molar-refractivity contribution in [2.24, 2.45) is 0 Å². The number of carboxylic acid groups (broad SMARTS) is 1. The molecule has 5 unspecified atom stereocenters. The number of ether oxygens (including phenoxy) is 2. The van der Waals surface area contributed by atoms with Gasteiger partial charge >= 0.3 is 5.97 Å². The van der Waals surface area contributed by atoms with Crippen molar-refractivity contribution >= 4 is 22.5 Å². The highest BCUT2D eigenvalue weighted by Gasteiger charge is 2.53. The normalized spacial score (nSPS) is 23.4. The molecule has 6 rings (SSSR count). The Bertz CT molecular complexity index is 1850. The molecule has 1 saturated carbocycles. The van der Waals surface area contributed by atoms with Crippen LogP contribution in [0, 0.1) is 6.92 Å². The van der Waals surface area contributed by atoms with E-state index in [0.717, 1.165) is 36.5 Å². The maximum atomic E-state index is 13.8. The van der Waals surface area contributed by atoms with Crippen LogP contribution in [0.1, 0.15) is 81.5 Å². The highest BCUT2D eigenvalue weighted by molar-refractivity contribution is 6.09. The van der Waals surface area contributed by atoms with Gasteiger partial charge in [0, 0.05) is 6.42 Å². The van der Waals surface area contributed by atoms with Crippen molar-refractivity contribution in [3.05, 3.63) is 106 Å². The van der Waals surface area contributed by atoms with Crippen LogP contribution in [0.3, 0.4) is 0 Å². The summed E-state index contributed by atoms with van der Waals surface area (Å²) in [6.45, 7) is 1.66. The summed E-state index contributed by atoms with van der Waals surface area (Å²) in [5.74, 6) is -2.22. The van der Waals surface area contributed by atoms with Crippen LogP contribution in [-0.2, 0) is 24.0 Å². The van der Waals surface area contributed by atoms with Gasteiger partial charge in [-0.05, 0) is 78.8 Å². The second-order valence-corrected chi connectivity index (χ2v) is 13.7. The van der Waals surface area contributed by atoms with Crippen molar-refractivity contribution in [2.75, 3.05) is 0 Å². The molecule has 0 bridgehead atoms. The third-order valence-electron chi connectivity index (χ3n) is 10.2. The Morgan fingerprint density at radius 1 is 0.840 bits per heavy atom. The van der Waals surface area contributed by atoms with Crippen LogP contribution in [0.25, 0.3) is 10.8 Å². The van der Waals surface area contributed by atoms with E-state index in [0.29, 0.717) is 37.7 Å². The molecule has 4 aromatic rings.